The predicted molar refractivity (Wildman–Crippen MR) is 117 cm³/mol. The number of benzene rings is 3. The second kappa shape index (κ2) is 9.24. The van der Waals surface area contributed by atoms with Crippen LogP contribution in [0, 0.1) is 5.82 Å². The van der Waals surface area contributed by atoms with E-state index in [0.29, 0.717) is 6.54 Å². The maximum absolute atomic E-state index is 13.0. The van der Waals surface area contributed by atoms with Crippen LogP contribution in [-0.4, -0.2) is 4.57 Å². The Balaban J connectivity index is 0.00000225. The van der Waals surface area contributed by atoms with E-state index in [0.717, 1.165) is 29.2 Å². The molecule has 2 nitrogen and oxygen atoms in total. The Morgan fingerprint density at radius 3 is 2.32 bits per heavy atom. The number of nitrogens with one attached hydrogen (secondary N) is 1. The van der Waals surface area contributed by atoms with Crippen LogP contribution < -0.4 is 5.32 Å². The van der Waals surface area contributed by atoms with Gasteiger partial charge in [0.25, 0.3) is 0 Å². The Morgan fingerprint density at radius 2 is 1.54 bits per heavy atom. The molecule has 0 unspecified atom stereocenters. The van der Waals surface area contributed by atoms with E-state index in [-0.39, 0.29) is 18.2 Å². The van der Waals surface area contributed by atoms with Gasteiger partial charge in [-0.15, -0.1) is 12.4 Å². The van der Waals surface area contributed by atoms with E-state index in [9.17, 15) is 4.39 Å². The lowest BCUT2D eigenvalue weighted by Gasteiger charge is -2.07. The van der Waals surface area contributed by atoms with Crippen molar-refractivity contribution in [2.24, 2.45) is 0 Å². The van der Waals surface area contributed by atoms with Crippen molar-refractivity contribution in [2.45, 2.75) is 19.6 Å². The number of aromatic nitrogens is 1. The summed E-state index contributed by atoms with van der Waals surface area (Å²) in [5.74, 6) is -0.207. The summed E-state index contributed by atoms with van der Waals surface area (Å²) in [6.45, 7) is 2.18. The van der Waals surface area contributed by atoms with Crippen LogP contribution in [0.5, 0.6) is 0 Å². The van der Waals surface area contributed by atoms with E-state index in [1.54, 1.807) is 0 Å². The van der Waals surface area contributed by atoms with Crippen molar-refractivity contribution < 1.29 is 4.39 Å². The molecule has 0 saturated heterocycles. The van der Waals surface area contributed by atoms with Crippen LogP contribution in [0.15, 0.2) is 79.0 Å². The third-order valence-corrected chi connectivity index (χ3v) is 5.10. The molecule has 0 radical (unpaired) electrons. The minimum absolute atomic E-state index is 0. The van der Waals surface area contributed by atoms with E-state index in [2.05, 4.69) is 46.4 Å². The van der Waals surface area contributed by atoms with E-state index in [1.807, 2.05) is 30.3 Å². The maximum atomic E-state index is 13.0. The topological polar surface area (TPSA) is 17.0 Å². The van der Waals surface area contributed by atoms with Crippen LogP contribution >= 0.6 is 24.0 Å². The summed E-state index contributed by atoms with van der Waals surface area (Å²) >= 11 is 6.34. The monoisotopic (exact) mass is 414 g/mol. The molecule has 28 heavy (non-hydrogen) atoms. The molecule has 0 atom stereocenters. The number of para-hydroxylation sites is 1. The molecule has 0 amide bonds. The number of halogens is 3. The number of rotatable bonds is 6. The lowest BCUT2D eigenvalue weighted by Crippen LogP contribution is -2.12. The Kier molecular flexibility index (Phi) is 6.74. The molecule has 1 N–H and O–H groups in total. The molecule has 0 spiro atoms. The van der Waals surface area contributed by atoms with E-state index in [1.165, 1.54) is 28.6 Å². The summed E-state index contributed by atoms with van der Waals surface area (Å²) in [7, 11) is 0. The van der Waals surface area contributed by atoms with E-state index in [4.69, 9.17) is 11.6 Å². The molecule has 0 bridgehead atoms. The molecule has 4 aromatic rings. The van der Waals surface area contributed by atoms with Gasteiger partial charge in [0.1, 0.15) is 5.82 Å². The minimum atomic E-state index is -0.207. The number of hydrogen-bond donors (Lipinski definition) is 1. The van der Waals surface area contributed by atoms with E-state index >= 15 is 0 Å². The highest BCUT2D eigenvalue weighted by Crippen LogP contribution is 2.24. The number of fused-ring (bicyclic) bond motifs is 1. The van der Waals surface area contributed by atoms with Gasteiger partial charge in [0.15, 0.2) is 0 Å². The zero-order valence-electron chi connectivity index (χ0n) is 15.2. The molecule has 1 aromatic heterocycles. The van der Waals surface area contributed by atoms with Crippen molar-refractivity contribution in [1.82, 2.24) is 9.88 Å². The van der Waals surface area contributed by atoms with Gasteiger partial charge in [0.05, 0.1) is 0 Å². The van der Waals surface area contributed by atoms with Crippen molar-refractivity contribution >= 4 is 34.9 Å². The molecule has 0 saturated carbocycles. The van der Waals surface area contributed by atoms with Gasteiger partial charge in [-0.3, -0.25) is 0 Å². The molecular weight excluding hydrogens is 394 g/mol. The third-order valence-electron chi connectivity index (χ3n) is 4.73. The quantitative estimate of drug-likeness (QED) is 0.397. The van der Waals surface area contributed by atoms with Gasteiger partial charge >= 0.3 is 0 Å². The van der Waals surface area contributed by atoms with E-state index < -0.39 is 0 Å². The maximum Gasteiger partial charge on any atom is 0.123 e. The largest absolute Gasteiger partial charge is 0.343 e. The average Bonchev–Trinajstić information content (AvgIpc) is 3.03. The molecular formula is C23H21Cl2FN2. The Labute approximate surface area is 175 Å². The fourth-order valence-corrected chi connectivity index (χ4v) is 3.54. The molecule has 144 valence electrons. The first-order valence-electron chi connectivity index (χ1n) is 8.96. The summed E-state index contributed by atoms with van der Waals surface area (Å²) in [6, 6.07) is 22.9. The van der Waals surface area contributed by atoms with Gasteiger partial charge in [-0.2, -0.15) is 0 Å². The predicted octanol–water partition coefficient (Wildman–Crippen LogP) is 6.19. The summed E-state index contributed by atoms with van der Waals surface area (Å²) in [5.41, 5.74) is 4.60. The summed E-state index contributed by atoms with van der Waals surface area (Å²) < 4.78 is 15.3. The van der Waals surface area contributed by atoms with Crippen molar-refractivity contribution in [3.05, 3.63) is 107 Å². The lowest BCUT2D eigenvalue weighted by molar-refractivity contribution is 0.625. The number of hydrogen-bond acceptors (Lipinski definition) is 1. The standard InChI is InChI=1S/C23H20ClFN2.ClH/c24-22-7-3-1-5-18(22)15-27-16-19(21-6-2-4-8-23(21)27)14-26-13-17-9-11-20(25)12-10-17;/h1-12,16,26H,13-15H2;1H. The third kappa shape index (κ3) is 4.56. The van der Waals surface area contributed by atoms with Crippen LogP contribution in [0.3, 0.4) is 0 Å². The fraction of sp³-hybridized carbons (Fsp3) is 0.130. The van der Waals surface area contributed by atoms with Gasteiger partial charge in [-0.25, -0.2) is 4.39 Å². The van der Waals surface area contributed by atoms with Crippen molar-refractivity contribution in [3.63, 3.8) is 0 Å². The first kappa shape index (κ1) is 20.4. The molecule has 1 heterocycles. The van der Waals surface area contributed by atoms with Crippen molar-refractivity contribution in [2.75, 3.05) is 0 Å². The molecule has 0 aliphatic heterocycles. The number of nitrogens with zero attached hydrogens (tertiary/aromatic N) is 1. The van der Waals surface area contributed by atoms with Gasteiger partial charge in [-0.1, -0.05) is 60.1 Å². The van der Waals surface area contributed by atoms with Gasteiger partial charge in [-0.05, 0) is 41.0 Å². The molecule has 5 heteroatoms. The van der Waals surface area contributed by atoms with Crippen LogP contribution in [0.4, 0.5) is 4.39 Å². The zero-order chi connectivity index (χ0) is 18.6. The van der Waals surface area contributed by atoms with Crippen LogP contribution in [0.25, 0.3) is 10.9 Å². The fourth-order valence-electron chi connectivity index (χ4n) is 3.35. The Morgan fingerprint density at radius 1 is 0.821 bits per heavy atom. The first-order valence-corrected chi connectivity index (χ1v) is 9.34. The molecule has 0 aliphatic carbocycles. The van der Waals surface area contributed by atoms with Crippen LogP contribution in [-0.2, 0) is 19.6 Å². The van der Waals surface area contributed by atoms with Crippen molar-refractivity contribution in [3.8, 4) is 0 Å². The zero-order valence-corrected chi connectivity index (χ0v) is 16.8. The SMILES string of the molecule is Cl.Fc1ccc(CNCc2cn(Cc3ccccc3Cl)c3ccccc23)cc1. The normalized spacial score (nSPS) is 10.8. The summed E-state index contributed by atoms with van der Waals surface area (Å²) in [6.07, 6.45) is 2.19. The molecule has 0 fully saturated rings. The van der Waals surface area contributed by atoms with Gasteiger partial charge in [0, 0.05) is 41.8 Å². The lowest BCUT2D eigenvalue weighted by atomic mass is 10.1. The first-order chi connectivity index (χ1) is 13.2. The minimum Gasteiger partial charge on any atom is -0.343 e. The summed E-state index contributed by atoms with van der Waals surface area (Å²) in [4.78, 5) is 0. The van der Waals surface area contributed by atoms with Gasteiger partial charge in [0.2, 0.25) is 0 Å². The van der Waals surface area contributed by atoms with Crippen LogP contribution in [0.1, 0.15) is 16.7 Å². The second-order valence-corrected chi connectivity index (χ2v) is 7.03. The molecule has 0 aliphatic rings. The highest BCUT2D eigenvalue weighted by molar-refractivity contribution is 6.31. The van der Waals surface area contributed by atoms with Gasteiger partial charge < -0.3 is 9.88 Å². The van der Waals surface area contributed by atoms with Crippen molar-refractivity contribution in [1.29, 1.82) is 0 Å². The highest BCUT2D eigenvalue weighted by Gasteiger charge is 2.09. The summed E-state index contributed by atoms with van der Waals surface area (Å²) in [5, 5.41) is 5.47. The molecule has 4 rings (SSSR count). The highest BCUT2D eigenvalue weighted by atomic mass is 35.5. The Bertz CT molecular complexity index is 1060. The second-order valence-electron chi connectivity index (χ2n) is 6.62. The average molecular weight is 415 g/mol. The smallest absolute Gasteiger partial charge is 0.123 e. The molecule has 3 aromatic carbocycles. The van der Waals surface area contributed by atoms with Crippen LogP contribution in [0.2, 0.25) is 5.02 Å². The Hall–Kier alpha value is -2.33.